The molecule has 1 amide bonds. The van der Waals surface area contributed by atoms with Crippen LogP contribution in [-0.2, 0) is 10.2 Å². The zero-order valence-corrected chi connectivity index (χ0v) is 11.3. The first-order valence-corrected chi connectivity index (χ1v) is 7.04. The third-order valence-electron chi connectivity index (χ3n) is 2.26. The number of nitrogens with one attached hydrogen (secondary N) is 1. The van der Waals surface area contributed by atoms with Gasteiger partial charge in [-0.1, -0.05) is 30.4 Å². The first-order valence-electron chi connectivity index (χ1n) is 5.60. The molecule has 0 saturated heterocycles. The van der Waals surface area contributed by atoms with Crippen molar-refractivity contribution in [1.82, 2.24) is 9.03 Å². The zero-order chi connectivity index (χ0) is 14.3. The number of rotatable bonds is 7. The molecule has 0 bridgehead atoms. The van der Waals surface area contributed by atoms with Gasteiger partial charge in [-0.3, -0.25) is 4.79 Å². The third-order valence-corrected chi connectivity index (χ3v) is 3.68. The SMILES string of the molecule is C=CCN(CC=C)S(=O)(=O)NC(=O)c1ccccc1. The molecule has 1 N–H and O–H groups in total. The summed E-state index contributed by atoms with van der Waals surface area (Å²) in [4.78, 5) is 11.8. The smallest absolute Gasteiger partial charge is 0.268 e. The van der Waals surface area contributed by atoms with E-state index in [1.807, 2.05) is 4.72 Å². The van der Waals surface area contributed by atoms with Gasteiger partial charge in [0.15, 0.2) is 0 Å². The molecule has 0 fully saturated rings. The van der Waals surface area contributed by atoms with Gasteiger partial charge in [0.2, 0.25) is 0 Å². The monoisotopic (exact) mass is 280 g/mol. The third kappa shape index (κ3) is 4.35. The molecule has 0 aliphatic rings. The van der Waals surface area contributed by atoms with Crippen molar-refractivity contribution < 1.29 is 13.2 Å². The van der Waals surface area contributed by atoms with Crippen molar-refractivity contribution in [2.45, 2.75) is 0 Å². The van der Waals surface area contributed by atoms with Crippen LogP contribution in [0.5, 0.6) is 0 Å². The highest BCUT2D eigenvalue weighted by atomic mass is 32.2. The zero-order valence-electron chi connectivity index (χ0n) is 10.5. The highest BCUT2D eigenvalue weighted by Crippen LogP contribution is 2.03. The largest absolute Gasteiger partial charge is 0.304 e. The average molecular weight is 280 g/mol. The van der Waals surface area contributed by atoms with Gasteiger partial charge in [-0.15, -0.1) is 13.2 Å². The molecule has 0 aromatic heterocycles. The fourth-order valence-corrected chi connectivity index (χ4v) is 2.47. The van der Waals surface area contributed by atoms with E-state index < -0.39 is 16.1 Å². The van der Waals surface area contributed by atoms with Crippen molar-refractivity contribution in [3.63, 3.8) is 0 Å². The summed E-state index contributed by atoms with van der Waals surface area (Å²) in [5, 5.41) is 0. The average Bonchev–Trinajstić information content (AvgIpc) is 2.39. The number of benzene rings is 1. The maximum atomic E-state index is 12.0. The molecule has 0 radical (unpaired) electrons. The van der Waals surface area contributed by atoms with E-state index in [2.05, 4.69) is 13.2 Å². The van der Waals surface area contributed by atoms with E-state index in [4.69, 9.17) is 0 Å². The van der Waals surface area contributed by atoms with Gasteiger partial charge in [0.25, 0.3) is 5.91 Å². The van der Waals surface area contributed by atoms with E-state index in [9.17, 15) is 13.2 Å². The van der Waals surface area contributed by atoms with Crippen LogP contribution in [0.2, 0.25) is 0 Å². The van der Waals surface area contributed by atoms with Gasteiger partial charge in [-0.25, -0.2) is 4.72 Å². The van der Waals surface area contributed by atoms with Gasteiger partial charge >= 0.3 is 10.2 Å². The van der Waals surface area contributed by atoms with Crippen LogP contribution in [0.25, 0.3) is 0 Å². The van der Waals surface area contributed by atoms with Crippen LogP contribution in [0, 0.1) is 0 Å². The molecule has 5 nitrogen and oxygen atoms in total. The lowest BCUT2D eigenvalue weighted by atomic mass is 10.2. The summed E-state index contributed by atoms with van der Waals surface area (Å²) in [5.41, 5.74) is 0.281. The summed E-state index contributed by atoms with van der Waals surface area (Å²) in [7, 11) is -3.90. The molecule has 1 aromatic carbocycles. The summed E-state index contributed by atoms with van der Waals surface area (Å²) in [5.74, 6) is -0.668. The minimum Gasteiger partial charge on any atom is -0.268 e. The number of carbonyl (C=O) groups is 1. The number of hydrogen-bond donors (Lipinski definition) is 1. The fraction of sp³-hybridized carbons (Fsp3) is 0.154. The lowest BCUT2D eigenvalue weighted by Gasteiger charge is -2.19. The van der Waals surface area contributed by atoms with E-state index in [0.29, 0.717) is 0 Å². The van der Waals surface area contributed by atoms with Crippen molar-refractivity contribution in [3.8, 4) is 0 Å². The van der Waals surface area contributed by atoms with Gasteiger partial charge in [0.1, 0.15) is 0 Å². The van der Waals surface area contributed by atoms with E-state index in [0.717, 1.165) is 4.31 Å². The lowest BCUT2D eigenvalue weighted by molar-refractivity contribution is 0.0979. The van der Waals surface area contributed by atoms with Gasteiger partial charge in [0.05, 0.1) is 0 Å². The van der Waals surface area contributed by atoms with Crippen LogP contribution in [0.1, 0.15) is 10.4 Å². The van der Waals surface area contributed by atoms with Gasteiger partial charge in [-0.05, 0) is 12.1 Å². The summed E-state index contributed by atoms with van der Waals surface area (Å²) in [6.07, 6.45) is 2.88. The summed E-state index contributed by atoms with van der Waals surface area (Å²) in [6, 6.07) is 8.14. The molecule has 0 aliphatic carbocycles. The van der Waals surface area contributed by atoms with E-state index in [1.54, 1.807) is 18.2 Å². The second-order valence-electron chi connectivity index (χ2n) is 3.70. The van der Waals surface area contributed by atoms with Crippen molar-refractivity contribution >= 4 is 16.1 Å². The standard InChI is InChI=1S/C13H16N2O3S/c1-3-10-15(11-4-2)19(17,18)14-13(16)12-8-6-5-7-9-12/h3-9H,1-2,10-11H2,(H,14,16). The van der Waals surface area contributed by atoms with Crippen LogP contribution in [0.4, 0.5) is 0 Å². The summed E-state index contributed by atoms with van der Waals surface area (Å²) >= 11 is 0. The van der Waals surface area contributed by atoms with Crippen molar-refractivity contribution in [2.24, 2.45) is 0 Å². The Morgan fingerprint density at radius 2 is 1.68 bits per heavy atom. The molecule has 19 heavy (non-hydrogen) atoms. The van der Waals surface area contributed by atoms with Crippen LogP contribution >= 0.6 is 0 Å². The van der Waals surface area contributed by atoms with Crippen LogP contribution in [0.15, 0.2) is 55.6 Å². The Morgan fingerprint density at radius 1 is 1.16 bits per heavy atom. The maximum absolute atomic E-state index is 12.0. The number of carbonyl (C=O) groups excluding carboxylic acids is 1. The normalized spacial score (nSPS) is 11.0. The number of nitrogens with zero attached hydrogens (tertiary/aromatic N) is 1. The van der Waals surface area contributed by atoms with Gasteiger partial charge in [-0.2, -0.15) is 12.7 Å². The number of amides is 1. The molecule has 6 heteroatoms. The fourth-order valence-electron chi connectivity index (χ4n) is 1.39. The minimum atomic E-state index is -3.90. The molecule has 102 valence electrons. The molecule has 1 aromatic rings. The molecule has 0 spiro atoms. The predicted octanol–water partition coefficient (Wildman–Crippen LogP) is 1.34. The Balaban J connectivity index is 2.86. The highest BCUT2D eigenvalue weighted by Gasteiger charge is 2.22. The number of hydrogen-bond acceptors (Lipinski definition) is 3. The van der Waals surface area contributed by atoms with E-state index >= 15 is 0 Å². The lowest BCUT2D eigenvalue weighted by Crippen LogP contribution is -2.43. The molecule has 1 rings (SSSR count). The molecule has 0 aliphatic heterocycles. The predicted molar refractivity (Wildman–Crippen MR) is 74.8 cm³/mol. The Morgan fingerprint density at radius 3 is 2.16 bits per heavy atom. The maximum Gasteiger partial charge on any atom is 0.304 e. The summed E-state index contributed by atoms with van der Waals surface area (Å²) in [6.45, 7) is 7.16. The summed E-state index contributed by atoms with van der Waals surface area (Å²) < 4.78 is 27.1. The second kappa shape index (κ2) is 6.86. The molecular formula is C13H16N2O3S. The topological polar surface area (TPSA) is 66.5 Å². The van der Waals surface area contributed by atoms with Crippen LogP contribution in [0.3, 0.4) is 0 Å². The first-order chi connectivity index (χ1) is 9.01. The Kier molecular flexibility index (Phi) is 5.47. The van der Waals surface area contributed by atoms with Crippen molar-refractivity contribution in [3.05, 3.63) is 61.2 Å². The highest BCUT2D eigenvalue weighted by molar-refractivity contribution is 7.87. The van der Waals surface area contributed by atoms with Gasteiger partial charge < -0.3 is 0 Å². The quantitative estimate of drug-likeness (QED) is 0.766. The Labute approximate surface area is 113 Å². The first kappa shape index (κ1) is 15.1. The molecule has 0 atom stereocenters. The Hall–Kier alpha value is -1.92. The van der Waals surface area contributed by atoms with Crippen molar-refractivity contribution in [1.29, 1.82) is 0 Å². The Bertz CT molecular complexity index is 543. The molecule has 0 heterocycles. The molecule has 0 unspecified atom stereocenters. The van der Waals surface area contributed by atoms with Crippen LogP contribution in [-0.4, -0.2) is 31.7 Å². The molecular weight excluding hydrogens is 264 g/mol. The molecule has 0 saturated carbocycles. The van der Waals surface area contributed by atoms with E-state index in [-0.39, 0.29) is 18.7 Å². The second-order valence-corrected chi connectivity index (χ2v) is 5.37. The van der Waals surface area contributed by atoms with E-state index in [1.165, 1.54) is 24.3 Å². The van der Waals surface area contributed by atoms with Gasteiger partial charge in [0, 0.05) is 18.7 Å². The van der Waals surface area contributed by atoms with Crippen LogP contribution < -0.4 is 4.72 Å². The van der Waals surface area contributed by atoms with Crippen molar-refractivity contribution in [2.75, 3.05) is 13.1 Å². The minimum absolute atomic E-state index is 0.101.